The van der Waals surface area contributed by atoms with E-state index < -0.39 is 0 Å². The summed E-state index contributed by atoms with van der Waals surface area (Å²) in [6.45, 7) is 3.27. The van der Waals surface area contributed by atoms with Crippen molar-refractivity contribution >= 4 is 0 Å². The summed E-state index contributed by atoms with van der Waals surface area (Å²) in [4.78, 5) is 0. The van der Waals surface area contributed by atoms with Gasteiger partial charge in [0.15, 0.2) is 0 Å². The molecule has 0 amide bonds. The van der Waals surface area contributed by atoms with Crippen LogP contribution in [-0.2, 0) is 13.5 Å². The number of nitrogens with one attached hydrogen (secondary N) is 1. The molecule has 1 heterocycles. The summed E-state index contributed by atoms with van der Waals surface area (Å²) < 4.78 is 1.79. The molecule has 1 N–H and O–H groups in total. The molecule has 0 saturated heterocycles. The third kappa shape index (κ3) is 3.04. The van der Waals surface area contributed by atoms with Crippen molar-refractivity contribution < 1.29 is 0 Å². The van der Waals surface area contributed by atoms with Crippen molar-refractivity contribution in [3.63, 3.8) is 0 Å². The molecule has 0 radical (unpaired) electrons. The van der Waals surface area contributed by atoms with E-state index in [1.807, 2.05) is 13.2 Å². The molecule has 2 atom stereocenters. The van der Waals surface area contributed by atoms with Crippen LogP contribution in [-0.4, -0.2) is 27.6 Å². The second-order valence-corrected chi connectivity index (χ2v) is 4.87. The van der Waals surface area contributed by atoms with E-state index in [-0.39, 0.29) is 0 Å². The van der Waals surface area contributed by atoms with Gasteiger partial charge in [-0.3, -0.25) is 4.68 Å². The Morgan fingerprint density at radius 1 is 1.50 bits per heavy atom. The summed E-state index contributed by atoms with van der Waals surface area (Å²) in [5, 5.41) is 11.7. The molecule has 1 aromatic heterocycles. The van der Waals surface area contributed by atoms with Crippen molar-refractivity contribution in [3.8, 4) is 0 Å². The summed E-state index contributed by atoms with van der Waals surface area (Å²) in [6.07, 6.45) is 8.46. The number of aryl methyl sites for hydroxylation is 1. The van der Waals surface area contributed by atoms with Gasteiger partial charge in [-0.1, -0.05) is 18.6 Å². The van der Waals surface area contributed by atoms with E-state index in [2.05, 4.69) is 22.6 Å². The Bertz CT molecular complexity index is 319. The van der Waals surface area contributed by atoms with Crippen LogP contribution >= 0.6 is 0 Å². The van der Waals surface area contributed by atoms with Crippen LogP contribution in [0.4, 0.5) is 0 Å². The third-order valence-corrected chi connectivity index (χ3v) is 3.42. The molecule has 2 rings (SSSR count). The van der Waals surface area contributed by atoms with Gasteiger partial charge in [0.05, 0.1) is 5.69 Å². The van der Waals surface area contributed by atoms with Gasteiger partial charge in [-0.2, -0.15) is 0 Å². The van der Waals surface area contributed by atoms with Gasteiger partial charge in [0.25, 0.3) is 0 Å². The lowest BCUT2D eigenvalue weighted by molar-refractivity contribution is 0.285. The van der Waals surface area contributed by atoms with E-state index in [4.69, 9.17) is 0 Å². The van der Waals surface area contributed by atoms with Crippen molar-refractivity contribution in [2.24, 2.45) is 13.0 Å². The smallest absolute Gasteiger partial charge is 0.0829 e. The minimum Gasteiger partial charge on any atom is -0.314 e. The Morgan fingerprint density at radius 3 is 3.06 bits per heavy atom. The molecule has 1 aromatic rings. The molecule has 1 aliphatic rings. The topological polar surface area (TPSA) is 42.7 Å². The minimum atomic E-state index is 0.723. The van der Waals surface area contributed by atoms with Gasteiger partial charge < -0.3 is 5.32 Å². The van der Waals surface area contributed by atoms with Gasteiger partial charge in [0, 0.05) is 19.3 Å². The van der Waals surface area contributed by atoms with Crippen LogP contribution in [0.1, 0.15) is 38.3 Å². The van der Waals surface area contributed by atoms with E-state index >= 15 is 0 Å². The molecule has 2 unspecified atom stereocenters. The first kappa shape index (κ1) is 11.6. The Hall–Kier alpha value is -0.900. The number of hydrogen-bond donors (Lipinski definition) is 1. The first-order valence-electron chi connectivity index (χ1n) is 6.36. The molecule has 0 aliphatic heterocycles. The second kappa shape index (κ2) is 5.43. The molecule has 4 heteroatoms. The number of nitrogens with zero attached hydrogens (tertiary/aromatic N) is 3. The number of rotatable bonds is 4. The van der Waals surface area contributed by atoms with Crippen molar-refractivity contribution in [1.82, 2.24) is 20.3 Å². The number of hydrogen-bond acceptors (Lipinski definition) is 3. The van der Waals surface area contributed by atoms with Crippen LogP contribution in [0.15, 0.2) is 6.20 Å². The zero-order chi connectivity index (χ0) is 11.4. The lowest BCUT2D eigenvalue weighted by Gasteiger charge is -2.29. The van der Waals surface area contributed by atoms with Crippen LogP contribution in [0.25, 0.3) is 0 Å². The van der Waals surface area contributed by atoms with Gasteiger partial charge in [0.2, 0.25) is 0 Å². The fourth-order valence-electron chi connectivity index (χ4n) is 2.74. The molecule has 1 aliphatic carbocycles. The Morgan fingerprint density at radius 2 is 2.38 bits per heavy atom. The summed E-state index contributed by atoms with van der Waals surface area (Å²) in [7, 11) is 1.93. The monoisotopic (exact) mass is 222 g/mol. The van der Waals surface area contributed by atoms with Crippen LogP contribution in [0.5, 0.6) is 0 Å². The summed E-state index contributed by atoms with van der Waals surface area (Å²) >= 11 is 0. The molecule has 0 aromatic carbocycles. The molecular weight excluding hydrogens is 200 g/mol. The summed E-state index contributed by atoms with van der Waals surface area (Å²) in [6, 6.07) is 0.723. The van der Waals surface area contributed by atoms with Crippen molar-refractivity contribution in [2.75, 3.05) is 6.54 Å². The van der Waals surface area contributed by atoms with Gasteiger partial charge >= 0.3 is 0 Å². The average Bonchev–Trinajstić information content (AvgIpc) is 2.65. The molecule has 4 nitrogen and oxygen atoms in total. The first-order valence-corrected chi connectivity index (χ1v) is 6.36. The molecule has 0 bridgehead atoms. The third-order valence-electron chi connectivity index (χ3n) is 3.42. The van der Waals surface area contributed by atoms with E-state index in [0.717, 1.165) is 30.6 Å². The normalized spacial score (nSPS) is 25.9. The second-order valence-electron chi connectivity index (χ2n) is 4.87. The average molecular weight is 222 g/mol. The lowest BCUT2D eigenvalue weighted by atomic mass is 9.83. The molecule has 1 fully saturated rings. The summed E-state index contributed by atoms with van der Waals surface area (Å²) in [5.74, 6) is 0.787. The molecule has 90 valence electrons. The Balaban J connectivity index is 1.85. The van der Waals surface area contributed by atoms with Crippen LogP contribution in [0.3, 0.4) is 0 Å². The standard InChI is InChI=1S/C12H22N4/c1-3-13-11-6-4-5-10(7-11)8-12-9-16(2)15-14-12/h9-11,13H,3-8H2,1-2H3. The quantitative estimate of drug-likeness (QED) is 0.840. The van der Waals surface area contributed by atoms with Crippen molar-refractivity contribution in [2.45, 2.75) is 45.1 Å². The van der Waals surface area contributed by atoms with E-state index in [1.165, 1.54) is 25.7 Å². The molecule has 0 spiro atoms. The number of aromatic nitrogens is 3. The summed E-state index contributed by atoms with van der Waals surface area (Å²) in [5.41, 5.74) is 1.14. The zero-order valence-electron chi connectivity index (χ0n) is 10.3. The highest BCUT2D eigenvalue weighted by atomic mass is 15.4. The van der Waals surface area contributed by atoms with Crippen molar-refractivity contribution in [3.05, 3.63) is 11.9 Å². The van der Waals surface area contributed by atoms with Crippen molar-refractivity contribution in [1.29, 1.82) is 0 Å². The highest BCUT2D eigenvalue weighted by Crippen LogP contribution is 2.26. The van der Waals surface area contributed by atoms with Crippen LogP contribution < -0.4 is 5.32 Å². The van der Waals surface area contributed by atoms with Gasteiger partial charge in [-0.25, -0.2) is 0 Å². The highest BCUT2D eigenvalue weighted by molar-refractivity contribution is 4.95. The van der Waals surface area contributed by atoms with E-state index in [9.17, 15) is 0 Å². The highest BCUT2D eigenvalue weighted by Gasteiger charge is 2.22. The predicted octanol–water partition coefficient (Wildman–Crippen LogP) is 1.53. The first-order chi connectivity index (χ1) is 7.78. The Kier molecular flexibility index (Phi) is 3.93. The van der Waals surface area contributed by atoms with Gasteiger partial charge in [0.1, 0.15) is 0 Å². The van der Waals surface area contributed by atoms with E-state index in [0.29, 0.717) is 0 Å². The molecular formula is C12H22N4. The maximum absolute atomic E-state index is 4.17. The Labute approximate surface area is 97.4 Å². The van der Waals surface area contributed by atoms with Gasteiger partial charge in [-0.15, -0.1) is 5.10 Å². The van der Waals surface area contributed by atoms with Crippen LogP contribution in [0.2, 0.25) is 0 Å². The molecule has 16 heavy (non-hydrogen) atoms. The predicted molar refractivity (Wildman–Crippen MR) is 64.1 cm³/mol. The fraction of sp³-hybridized carbons (Fsp3) is 0.833. The maximum Gasteiger partial charge on any atom is 0.0829 e. The fourth-order valence-corrected chi connectivity index (χ4v) is 2.74. The largest absolute Gasteiger partial charge is 0.314 e. The maximum atomic E-state index is 4.17. The van der Waals surface area contributed by atoms with Crippen LogP contribution in [0, 0.1) is 5.92 Å². The van der Waals surface area contributed by atoms with E-state index in [1.54, 1.807) is 4.68 Å². The SMILES string of the molecule is CCNC1CCCC(Cc2cn(C)nn2)C1. The lowest BCUT2D eigenvalue weighted by Crippen LogP contribution is -2.34. The minimum absolute atomic E-state index is 0.723. The molecule has 1 saturated carbocycles. The zero-order valence-corrected chi connectivity index (χ0v) is 10.3. The van der Waals surface area contributed by atoms with Gasteiger partial charge in [-0.05, 0) is 38.1 Å².